The Kier molecular flexibility index (Phi) is 26.8. The number of carbonyl (C=O) groups is 2. The van der Waals surface area contributed by atoms with Gasteiger partial charge in [-0.2, -0.15) is 13.2 Å². The zero-order valence-electron chi connectivity index (χ0n) is 35.7. The van der Waals surface area contributed by atoms with Crippen molar-refractivity contribution in [2.75, 3.05) is 31.7 Å². The summed E-state index contributed by atoms with van der Waals surface area (Å²) < 4.78 is 50.6. The number of rotatable bonds is 14. The lowest BCUT2D eigenvalue weighted by Gasteiger charge is -2.27. The molecule has 10 heteroatoms. The van der Waals surface area contributed by atoms with E-state index in [1.165, 1.54) is 47.8 Å². The number of halogens is 3. The van der Waals surface area contributed by atoms with Crippen molar-refractivity contribution < 1.29 is 32.2 Å². The van der Waals surface area contributed by atoms with Crippen LogP contribution in [0.25, 0.3) is 0 Å². The first-order valence-electron chi connectivity index (χ1n) is 19.7. The number of carbonyl (C=O) groups excluding carboxylic acids is 2. The summed E-state index contributed by atoms with van der Waals surface area (Å²) in [6.45, 7) is 27.7. The lowest BCUT2D eigenvalue weighted by molar-refractivity contribution is -0.137. The standard InChI is InChI=1S/C23H25F3N2O3S.C10H16.C9H20O.C3H8/c1-4-8-31-17-10-15(23(24,25)26)9-16(11-17)27-21(29)19-13-32-20-12-28(7-6-18(19)20)22(30)14(3)5-2;1-5-6-7-8-10(4)9(2)3;1-4-7-10-8-6-9(3)5-2;1-3-2/h5,9-11,13H,4,6-8,12H2,1-3H3,(H,27,29);5-8H,1-4H3;9H,4-8H2,1-3H3;3H2,1-2H3/b14-5+;6-5-,8-7-;;. The predicted octanol–water partition coefficient (Wildman–Crippen LogP) is 13.4. The van der Waals surface area contributed by atoms with Crippen LogP contribution in [0.4, 0.5) is 18.9 Å². The van der Waals surface area contributed by atoms with Gasteiger partial charge in [-0.3, -0.25) is 9.59 Å². The smallest absolute Gasteiger partial charge is 0.416 e. The number of nitrogens with zero attached hydrogens (tertiary/aromatic N) is 1. The lowest BCUT2D eigenvalue weighted by atomic mass is 10.0. The minimum absolute atomic E-state index is 0.0206. The molecule has 1 aliphatic rings. The predicted molar refractivity (Wildman–Crippen MR) is 227 cm³/mol. The van der Waals surface area contributed by atoms with E-state index in [9.17, 15) is 22.8 Å². The molecular weight excluding hydrogens is 722 g/mol. The zero-order chi connectivity index (χ0) is 42.0. The summed E-state index contributed by atoms with van der Waals surface area (Å²) >= 11 is 1.37. The van der Waals surface area contributed by atoms with Gasteiger partial charge in [0.05, 0.1) is 24.3 Å². The van der Waals surface area contributed by atoms with Gasteiger partial charge in [0.15, 0.2) is 0 Å². The van der Waals surface area contributed by atoms with Crippen molar-refractivity contribution in [2.24, 2.45) is 5.92 Å². The molecule has 0 saturated heterocycles. The summed E-state index contributed by atoms with van der Waals surface area (Å²) in [7, 11) is 0. The fourth-order valence-corrected chi connectivity index (χ4v) is 5.71. The normalized spacial score (nSPS) is 13.1. The van der Waals surface area contributed by atoms with E-state index < -0.39 is 17.6 Å². The number of benzene rings is 1. The average Bonchev–Trinajstić information content (AvgIpc) is 3.59. The van der Waals surface area contributed by atoms with E-state index in [0.29, 0.717) is 37.1 Å². The van der Waals surface area contributed by atoms with Gasteiger partial charge in [-0.15, -0.1) is 11.3 Å². The first-order chi connectivity index (χ1) is 26.0. The van der Waals surface area contributed by atoms with Gasteiger partial charge in [0.25, 0.3) is 5.91 Å². The second-order valence-corrected chi connectivity index (χ2v) is 14.7. The van der Waals surface area contributed by atoms with Crippen molar-refractivity contribution in [3.05, 3.63) is 92.2 Å². The van der Waals surface area contributed by atoms with Crippen LogP contribution in [0.1, 0.15) is 142 Å². The van der Waals surface area contributed by atoms with Crippen molar-refractivity contribution in [1.29, 1.82) is 0 Å². The quantitative estimate of drug-likeness (QED) is 0.118. The molecule has 310 valence electrons. The van der Waals surface area contributed by atoms with Crippen LogP contribution in [0.5, 0.6) is 5.75 Å². The maximum absolute atomic E-state index is 13.3. The third-order valence-corrected chi connectivity index (χ3v) is 9.47. The van der Waals surface area contributed by atoms with Crippen molar-refractivity contribution in [3.63, 3.8) is 0 Å². The molecule has 1 aromatic carbocycles. The van der Waals surface area contributed by atoms with Gasteiger partial charge in [-0.1, -0.05) is 95.9 Å². The van der Waals surface area contributed by atoms with Crippen molar-refractivity contribution in [1.82, 2.24) is 4.90 Å². The highest BCUT2D eigenvalue weighted by Gasteiger charge is 2.32. The fraction of sp³-hybridized carbons (Fsp3) is 0.556. The minimum atomic E-state index is -4.56. The Hall–Kier alpha value is -3.63. The second kappa shape index (κ2) is 28.7. The van der Waals surface area contributed by atoms with Crippen molar-refractivity contribution in [3.8, 4) is 5.75 Å². The van der Waals surface area contributed by atoms with Gasteiger partial charge in [0.1, 0.15) is 5.75 Å². The fourth-order valence-electron chi connectivity index (χ4n) is 4.61. The minimum Gasteiger partial charge on any atom is -0.494 e. The number of alkyl halides is 3. The molecule has 2 amide bonds. The first kappa shape index (κ1) is 51.4. The molecule has 1 aromatic heterocycles. The number of amides is 2. The molecule has 0 fully saturated rings. The molecule has 6 nitrogen and oxygen atoms in total. The van der Waals surface area contributed by atoms with E-state index in [1.807, 2.05) is 32.9 Å². The number of anilines is 1. The Morgan fingerprint density at radius 3 is 2.16 bits per heavy atom. The lowest BCUT2D eigenvalue weighted by Crippen LogP contribution is -2.36. The maximum Gasteiger partial charge on any atom is 0.416 e. The van der Waals surface area contributed by atoms with Crippen molar-refractivity contribution >= 4 is 28.8 Å². The molecule has 0 aliphatic carbocycles. The Morgan fingerprint density at radius 1 is 0.964 bits per heavy atom. The number of fused-ring (bicyclic) bond motifs is 1. The van der Waals surface area contributed by atoms with E-state index in [2.05, 4.69) is 72.9 Å². The van der Waals surface area contributed by atoms with Gasteiger partial charge in [-0.05, 0) is 90.8 Å². The average molecular weight is 791 g/mol. The zero-order valence-corrected chi connectivity index (χ0v) is 36.5. The molecule has 0 spiro atoms. The highest BCUT2D eigenvalue weighted by Crippen LogP contribution is 2.35. The van der Waals surface area contributed by atoms with E-state index in [0.717, 1.165) is 48.1 Å². The molecule has 1 atom stereocenters. The second-order valence-electron chi connectivity index (χ2n) is 13.7. The summed E-state index contributed by atoms with van der Waals surface area (Å²) in [5, 5.41) is 4.28. The number of thiophene rings is 1. The van der Waals surface area contributed by atoms with E-state index in [1.54, 1.807) is 23.3 Å². The number of hydrogen-bond acceptors (Lipinski definition) is 5. The van der Waals surface area contributed by atoms with E-state index in [-0.39, 0.29) is 24.0 Å². The topological polar surface area (TPSA) is 67.9 Å². The van der Waals surface area contributed by atoms with Crippen LogP contribution in [0.3, 0.4) is 0 Å². The van der Waals surface area contributed by atoms with Crippen LogP contribution < -0.4 is 10.1 Å². The van der Waals surface area contributed by atoms with Crippen LogP contribution in [0, 0.1) is 5.92 Å². The Balaban J connectivity index is 0.00000104. The largest absolute Gasteiger partial charge is 0.494 e. The molecule has 1 unspecified atom stereocenters. The van der Waals surface area contributed by atoms with Gasteiger partial charge in [-0.25, -0.2) is 0 Å². The molecule has 2 heterocycles. The summed E-state index contributed by atoms with van der Waals surface area (Å²) in [5.41, 5.74) is 3.78. The molecule has 0 saturated carbocycles. The summed E-state index contributed by atoms with van der Waals surface area (Å²) in [4.78, 5) is 28.0. The summed E-state index contributed by atoms with van der Waals surface area (Å²) in [6.07, 6.45) is 11.5. The monoisotopic (exact) mass is 790 g/mol. The summed E-state index contributed by atoms with van der Waals surface area (Å²) in [5.74, 6) is 0.364. The molecule has 3 rings (SSSR count). The number of ether oxygens (including phenoxy) is 2. The van der Waals surface area contributed by atoms with Crippen molar-refractivity contribution in [2.45, 2.75) is 134 Å². The Labute approximate surface area is 335 Å². The summed E-state index contributed by atoms with van der Waals surface area (Å²) in [6, 6.07) is 3.22. The highest BCUT2D eigenvalue weighted by molar-refractivity contribution is 7.10. The Morgan fingerprint density at radius 2 is 1.62 bits per heavy atom. The van der Waals surface area contributed by atoms with Gasteiger partial charge >= 0.3 is 6.18 Å². The Bertz CT molecular complexity index is 1530. The first-order valence-corrected chi connectivity index (χ1v) is 20.6. The third kappa shape index (κ3) is 20.7. The van der Waals surface area contributed by atoms with E-state index in [4.69, 9.17) is 9.47 Å². The molecule has 1 aliphatic heterocycles. The number of nitrogens with one attached hydrogen (secondary N) is 1. The molecule has 1 N–H and O–H groups in total. The van der Waals surface area contributed by atoms with Crippen LogP contribution in [-0.4, -0.2) is 43.1 Å². The SMILES string of the molecule is C/C=C(\C)C(=O)N1CCc2c(C(=O)Nc3cc(OCCC)cc(C(F)(F)F)c3)csc2C1.C/C=C\C=C/C(C)=C(C)C.CCC.CCCOCCC(C)CC. The number of allylic oxidation sites excluding steroid dienone is 7. The van der Waals surface area contributed by atoms with Crippen LogP contribution in [0.2, 0.25) is 0 Å². The molecule has 2 aromatic rings. The molecular formula is C45H69F3N2O4S. The maximum atomic E-state index is 13.3. The number of hydrogen-bond donors (Lipinski definition) is 1. The van der Waals surface area contributed by atoms with Crippen LogP contribution in [-0.2, 0) is 28.7 Å². The van der Waals surface area contributed by atoms with Crippen LogP contribution >= 0.6 is 11.3 Å². The van der Waals surface area contributed by atoms with E-state index >= 15 is 0 Å². The van der Waals surface area contributed by atoms with Gasteiger partial charge < -0.3 is 19.7 Å². The molecule has 55 heavy (non-hydrogen) atoms. The molecule has 0 radical (unpaired) electrons. The highest BCUT2D eigenvalue weighted by atomic mass is 32.1. The molecule has 0 bridgehead atoms. The van der Waals surface area contributed by atoms with Gasteiger partial charge in [0, 0.05) is 47.3 Å². The van der Waals surface area contributed by atoms with Gasteiger partial charge in [0.2, 0.25) is 5.91 Å². The van der Waals surface area contributed by atoms with Crippen LogP contribution in [0.15, 0.2) is 70.7 Å². The third-order valence-electron chi connectivity index (χ3n) is 8.45.